The number of aromatic nitrogens is 1. The van der Waals surface area contributed by atoms with Crippen LogP contribution in [0.5, 0.6) is 11.5 Å². The second kappa shape index (κ2) is 7.23. The van der Waals surface area contributed by atoms with Crippen LogP contribution in [0, 0.1) is 13.8 Å². The van der Waals surface area contributed by atoms with Gasteiger partial charge >= 0.3 is 0 Å². The molecule has 1 aliphatic heterocycles. The summed E-state index contributed by atoms with van der Waals surface area (Å²) >= 11 is 0. The number of para-hydroxylation sites is 2. The third-order valence-electron chi connectivity index (χ3n) is 4.77. The Morgan fingerprint density at radius 1 is 1.19 bits per heavy atom. The van der Waals surface area contributed by atoms with E-state index in [-0.39, 0.29) is 12.0 Å². The fourth-order valence-electron chi connectivity index (χ4n) is 3.30. The second-order valence-corrected chi connectivity index (χ2v) is 6.66. The molecule has 0 fully saturated rings. The van der Waals surface area contributed by atoms with E-state index in [1.165, 1.54) is 0 Å². The molecule has 0 aliphatic carbocycles. The zero-order valence-corrected chi connectivity index (χ0v) is 15.4. The Morgan fingerprint density at radius 3 is 2.78 bits per heavy atom. The number of nitrogens with zero attached hydrogens (tertiary/aromatic N) is 1. The van der Waals surface area contributed by atoms with Crippen molar-refractivity contribution >= 4 is 5.91 Å². The number of benzene rings is 1. The van der Waals surface area contributed by atoms with E-state index >= 15 is 0 Å². The lowest BCUT2D eigenvalue weighted by atomic mass is 10.2. The van der Waals surface area contributed by atoms with Crippen LogP contribution in [0.3, 0.4) is 0 Å². The molecular formula is C21H22N2O4. The molecular weight excluding hydrogens is 344 g/mol. The first-order valence-corrected chi connectivity index (χ1v) is 8.97. The first-order valence-electron chi connectivity index (χ1n) is 8.97. The maximum Gasteiger partial charge on any atom is 0.253 e. The van der Waals surface area contributed by atoms with Gasteiger partial charge in [0.1, 0.15) is 18.5 Å². The monoisotopic (exact) mass is 366 g/mol. The van der Waals surface area contributed by atoms with Gasteiger partial charge in [-0.3, -0.25) is 4.79 Å². The molecule has 1 aromatic carbocycles. The third-order valence-corrected chi connectivity index (χ3v) is 4.77. The van der Waals surface area contributed by atoms with E-state index in [9.17, 15) is 4.79 Å². The fourth-order valence-corrected chi connectivity index (χ4v) is 3.30. The lowest BCUT2D eigenvalue weighted by molar-refractivity contribution is 0.0789. The fraction of sp³-hybridized carbons (Fsp3) is 0.286. The summed E-state index contributed by atoms with van der Waals surface area (Å²) in [4.78, 5) is 12.7. The smallest absolute Gasteiger partial charge is 0.253 e. The molecule has 3 heterocycles. The van der Waals surface area contributed by atoms with Crippen molar-refractivity contribution in [1.29, 1.82) is 0 Å². The molecule has 0 bridgehead atoms. The number of ether oxygens (including phenoxy) is 2. The maximum atomic E-state index is 12.7. The van der Waals surface area contributed by atoms with E-state index in [4.69, 9.17) is 13.9 Å². The molecule has 3 aromatic rings. The van der Waals surface area contributed by atoms with Gasteiger partial charge < -0.3 is 23.8 Å². The summed E-state index contributed by atoms with van der Waals surface area (Å²) in [6.45, 7) is 5.33. The van der Waals surface area contributed by atoms with E-state index in [2.05, 4.69) is 9.88 Å². The van der Waals surface area contributed by atoms with Gasteiger partial charge in [0, 0.05) is 11.4 Å². The highest BCUT2D eigenvalue weighted by Crippen LogP contribution is 2.30. The molecule has 140 valence electrons. The van der Waals surface area contributed by atoms with Crippen LogP contribution in [0.15, 0.2) is 53.1 Å². The molecule has 0 radical (unpaired) electrons. The van der Waals surface area contributed by atoms with Crippen LogP contribution in [0.4, 0.5) is 0 Å². The van der Waals surface area contributed by atoms with Gasteiger partial charge in [0.15, 0.2) is 11.5 Å². The minimum absolute atomic E-state index is 0.115. The highest BCUT2D eigenvalue weighted by Gasteiger charge is 2.22. The Bertz CT molecular complexity index is 943. The predicted molar refractivity (Wildman–Crippen MR) is 100 cm³/mol. The number of hydrogen-bond acceptors (Lipinski definition) is 4. The number of aryl methyl sites for hydroxylation is 1. The Labute approximate surface area is 157 Å². The first kappa shape index (κ1) is 17.3. The topological polar surface area (TPSA) is 65.6 Å². The van der Waals surface area contributed by atoms with E-state index < -0.39 is 0 Å². The maximum absolute atomic E-state index is 12.7. The number of hydrogen-bond donors (Lipinski definition) is 1. The van der Waals surface area contributed by atoms with Crippen molar-refractivity contribution in [1.82, 2.24) is 9.88 Å². The number of carbonyl (C=O) groups excluding carboxylic acids is 1. The Balaban J connectivity index is 1.40. The van der Waals surface area contributed by atoms with Gasteiger partial charge in [-0.25, -0.2) is 0 Å². The molecule has 0 spiro atoms. The van der Waals surface area contributed by atoms with E-state index in [1.54, 1.807) is 6.26 Å². The van der Waals surface area contributed by atoms with Gasteiger partial charge in [0.2, 0.25) is 0 Å². The molecule has 2 aromatic heterocycles. The molecule has 1 amide bonds. The minimum Gasteiger partial charge on any atom is -0.486 e. The molecule has 27 heavy (non-hydrogen) atoms. The number of nitrogens with one attached hydrogen (secondary N) is 1. The molecule has 6 heteroatoms. The zero-order chi connectivity index (χ0) is 18.8. The Hall–Kier alpha value is -3.15. The summed E-state index contributed by atoms with van der Waals surface area (Å²) < 4.78 is 19.1. The van der Waals surface area contributed by atoms with Gasteiger partial charge in [0.05, 0.1) is 24.9 Å². The molecule has 6 nitrogen and oxygen atoms in total. The van der Waals surface area contributed by atoms with Crippen LogP contribution in [-0.2, 0) is 6.54 Å². The normalized spacial score (nSPS) is 15.6. The largest absolute Gasteiger partial charge is 0.486 e. The van der Waals surface area contributed by atoms with Crippen molar-refractivity contribution in [3.8, 4) is 11.5 Å². The first-order chi connectivity index (χ1) is 13.1. The Morgan fingerprint density at radius 2 is 2.00 bits per heavy atom. The third kappa shape index (κ3) is 3.56. The highest BCUT2D eigenvalue weighted by atomic mass is 16.6. The number of rotatable bonds is 5. The van der Waals surface area contributed by atoms with Crippen LogP contribution in [0.25, 0.3) is 0 Å². The summed E-state index contributed by atoms with van der Waals surface area (Å²) in [6, 6.07) is 13.2. The molecule has 0 saturated carbocycles. The van der Waals surface area contributed by atoms with Crippen molar-refractivity contribution in [2.75, 3.05) is 13.2 Å². The van der Waals surface area contributed by atoms with Crippen LogP contribution >= 0.6 is 0 Å². The van der Waals surface area contributed by atoms with Crippen LogP contribution in [0.2, 0.25) is 0 Å². The average molecular weight is 366 g/mol. The number of amides is 1. The van der Waals surface area contributed by atoms with Gasteiger partial charge in [-0.15, -0.1) is 0 Å². The molecule has 1 atom stereocenters. The number of carbonyl (C=O) groups is 1. The lowest BCUT2D eigenvalue weighted by Gasteiger charge is -2.26. The summed E-state index contributed by atoms with van der Waals surface area (Å²) in [7, 11) is 0. The van der Waals surface area contributed by atoms with Gasteiger partial charge in [-0.1, -0.05) is 12.1 Å². The molecule has 4 rings (SSSR count). The van der Waals surface area contributed by atoms with Crippen molar-refractivity contribution in [2.24, 2.45) is 0 Å². The van der Waals surface area contributed by atoms with Crippen molar-refractivity contribution in [3.63, 3.8) is 0 Å². The van der Waals surface area contributed by atoms with Crippen LogP contribution < -0.4 is 14.8 Å². The summed E-state index contributed by atoms with van der Waals surface area (Å²) in [5.41, 5.74) is 2.59. The predicted octanol–water partition coefficient (Wildman–Crippen LogP) is 3.32. The van der Waals surface area contributed by atoms with Crippen molar-refractivity contribution in [3.05, 3.63) is 71.4 Å². The van der Waals surface area contributed by atoms with Crippen LogP contribution in [-0.4, -0.2) is 29.7 Å². The van der Waals surface area contributed by atoms with Crippen molar-refractivity contribution in [2.45, 2.75) is 26.5 Å². The lowest BCUT2D eigenvalue weighted by Crippen LogP contribution is -2.40. The van der Waals surface area contributed by atoms with Gasteiger partial charge in [0.25, 0.3) is 5.91 Å². The molecule has 1 aliphatic rings. The Kier molecular flexibility index (Phi) is 4.62. The van der Waals surface area contributed by atoms with Gasteiger partial charge in [-0.05, 0) is 44.2 Å². The zero-order valence-electron chi connectivity index (χ0n) is 15.4. The summed E-state index contributed by atoms with van der Waals surface area (Å²) in [5.74, 6) is 2.19. The average Bonchev–Trinajstić information content (AvgIpc) is 3.30. The number of furan rings is 1. The number of fused-ring (bicyclic) bond motifs is 1. The van der Waals surface area contributed by atoms with Crippen molar-refractivity contribution < 1.29 is 18.7 Å². The SMILES string of the molecule is Cc1cc(C(=O)NC[C@@H]2COc3ccccc3O2)c(C)n1Cc1ccco1. The summed E-state index contributed by atoms with van der Waals surface area (Å²) in [6.07, 6.45) is 1.44. The molecule has 0 saturated heterocycles. The summed E-state index contributed by atoms with van der Waals surface area (Å²) in [5, 5.41) is 2.96. The second-order valence-electron chi connectivity index (χ2n) is 6.66. The highest BCUT2D eigenvalue weighted by molar-refractivity contribution is 5.95. The molecule has 0 unspecified atom stereocenters. The van der Waals surface area contributed by atoms with Crippen LogP contribution in [0.1, 0.15) is 27.5 Å². The molecule has 1 N–H and O–H groups in total. The van der Waals surface area contributed by atoms with Gasteiger partial charge in [-0.2, -0.15) is 0 Å². The minimum atomic E-state index is -0.213. The van der Waals surface area contributed by atoms with E-state index in [0.29, 0.717) is 31.0 Å². The van der Waals surface area contributed by atoms with E-state index in [0.717, 1.165) is 22.9 Å². The standard InChI is InChI=1S/C21H22N2O4/c1-14-10-18(15(2)23(14)12-16-6-5-9-25-16)21(24)22-11-17-13-26-19-7-3-4-8-20(19)27-17/h3-10,17H,11-13H2,1-2H3,(H,22,24)/t17-/m1/s1. The van der Waals surface area contributed by atoms with E-state index in [1.807, 2.05) is 56.3 Å². The quantitative estimate of drug-likeness (QED) is 0.752.